The molecule has 0 saturated carbocycles. The van der Waals surface area contributed by atoms with Gasteiger partial charge in [-0.3, -0.25) is 4.79 Å². The van der Waals surface area contributed by atoms with Gasteiger partial charge < -0.3 is 15.3 Å². The second kappa shape index (κ2) is 5.72. The zero-order valence-corrected chi connectivity index (χ0v) is 7.84. The fourth-order valence-electron chi connectivity index (χ4n) is 0.965. The van der Waals surface area contributed by atoms with Crippen molar-refractivity contribution in [3.63, 3.8) is 0 Å². The Morgan fingerprint density at radius 2 is 2.00 bits per heavy atom. The standard InChI is InChI=1S/C9H16O4/c1-3-4-7(10)6(2)8(11)5-9(12)13/h3-4,6-8,10-11H,5H2,1-2H3,(H,12,13)/b4-3+/t6-,7-,8-/m1/s1. The highest BCUT2D eigenvalue weighted by Gasteiger charge is 2.22. The summed E-state index contributed by atoms with van der Waals surface area (Å²) in [5.41, 5.74) is 0. The van der Waals surface area contributed by atoms with E-state index in [9.17, 15) is 15.0 Å². The van der Waals surface area contributed by atoms with Crippen LogP contribution in [0.2, 0.25) is 0 Å². The monoisotopic (exact) mass is 188 g/mol. The Labute approximate surface area is 77.5 Å². The Morgan fingerprint density at radius 3 is 2.38 bits per heavy atom. The first-order chi connectivity index (χ1) is 5.99. The zero-order valence-electron chi connectivity index (χ0n) is 7.84. The molecule has 0 rings (SSSR count). The fraction of sp³-hybridized carbons (Fsp3) is 0.667. The first-order valence-electron chi connectivity index (χ1n) is 4.19. The van der Waals surface area contributed by atoms with Gasteiger partial charge in [0, 0.05) is 5.92 Å². The minimum Gasteiger partial charge on any atom is -0.481 e. The average Bonchev–Trinajstić information content (AvgIpc) is 2.02. The lowest BCUT2D eigenvalue weighted by Crippen LogP contribution is -2.29. The lowest BCUT2D eigenvalue weighted by molar-refractivity contribution is -0.140. The van der Waals surface area contributed by atoms with E-state index in [1.165, 1.54) is 6.08 Å². The summed E-state index contributed by atoms with van der Waals surface area (Å²) in [7, 11) is 0. The van der Waals surface area contributed by atoms with E-state index < -0.39 is 24.1 Å². The van der Waals surface area contributed by atoms with Crippen molar-refractivity contribution in [3.8, 4) is 0 Å². The minimum atomic E-state index is -1.06. The number of aliphatic hydroxyl groups is 2. The van der Waals surface area contributed by atoms with Gasteiger partial charge >= 0.3 is 5.97 Å². The van der Waals surface area contributed by atoms with E-state index in [2.05, 4.69) is 0 Å². The highest BCUT2D eigenvalue weighted by Crippen LogP contribution is 2.12. The van der Waals surface area contributed by atoms with Gasteiger partial charge in [-0.05, 0) is 6.92 Å². The molecule has 3 N–H and O–H groups in total. The van der Waals surface area contributed by atoms with Crippen LogP contribution >= 0.6 is 0 Å². The van der Waals surface area contributed by atoms with Gasteiger partial charge in [-0.25, -0.2) is 0 Å². The zero-order chi connectivity index (χ0) is 10.4. The lowest BCUT2D eigenvalue weighted by atomic mass is 9.95. The van der Waals surface area contributed by atoms with Gasteiger partial charge in [0.1, 0.15) is 0 Å². The normalized spacial score (nSPS) is 18.5. The lowest BCUT2D eigenvalue weighted by Gasteiger charge is -2.20. The van der Waals surface area contributed by atoms with Crippen LogP contribution in [0.4, 0.5) is 0 Å². The van der Waals surface area contributed by atoms with Gasteiger partial charge in [-0.1, -0.05) is 19.1 Å². The van der Waals surface area contributed by atoms with E-state index in [0.29, 0.717) is 0 Å². The number of aliphatic carboxylic acids is 1. The molecule has 0 unspecified atom stereocenters. The highest BCUT2D eigenvalue weighted by atomic mass is 16.4. The second-order valence-corrected chi connectivity index (χ2v) is 3.04. The molecule has 0 aliphatic carbocycles. The van der Waals surface area contributed by atoms with Crippen LogP contribution in [0.5, 0.6) is 0 Å². The van der Waals surface area contributed by atoms with Crippen LogP contribution in [0.3, 0.4) is 0 Å². The van der Waals surface area contributed by atoms with E-state index in [1.54, 1.807) is 19.9 Å². The molecule has 0 amide bonds. The molecule has 0 radical (unpaired) electrons. The predicted molar refractivity (Wildman–Crippen MR) is 48.2 cm³/mol. The fourth-order valence-corrected chi connectivity index (χ4v) is 0.965. The topological polar surface area (TPSA) is 77.8 Å². The van der Waals surface area contributed by atoms with E-state index in [1.807, 2.05) is 0 Å². The van der Waals surface area contributed by atoms with E-state index in [-0.39, 0.29) is 6.42 Å². The van der Waals surface area contributed by atoms with Crippen LogP contribution < -0.4 is 0 Å². The molecule has 0 bridgehead atoms. The summed E-state index contributed by atoms with van der Waals surface area (Å²) in [6, 6.07) is 0. The number of carboxylic acids is 1. The molecular weight excluding hydrogens is 172 g/mol. The van der Waals surface area contributed by atoms with E-state index in [4.69, 9.17) is 5.11 Å². The first kappa shape index (κ1) is 12.1. The molecule has 0 saturated heterocycles. The van der Waals surface area contributed by atoms with Crippen molar-refractivity contribution >= 4 is 5.97 Å². The van der Waals surface area contributed by atoms with Crippen LogP contribution in [0.15, 0.2) is 12.2 Å². The number of aliphatic hydroxyl groups excluding tert-OH is 2. The third-order valence-electron chi connectivity index (χ3n) is 1.92. The van der Waals surface area contributed by atoms with Crippen LogP contribution in [-0.2, 0) is 4.79 Å². The second-order valence-electron chi connectivity index (χ2n) is 3.04. The van der Waals surface area contributed by atoms with Crippen LogP contribution in [0.1, 0.15) is 20.3 Å². The van der Waals surface area contributed by atoms with E-state index in [0.717, 1.165) is 0 Å². The molecule has 0 aromatic heterocycles. The smallest absolute Gasteiger partial charge is 0.305 e. The Hall–Kier alpha value is -0.870. The summed E-state index contributed by atoms with van der Waals surface area (Å²) in [6.07, 6.45) is 1.04. The minimum absolute atomic E-state index is 0.338. The van der Waals surface area contributed by atoms with Crippen molar-refractivity contribution in [2.75, 3.05) is 0 Å². The number of hydrogen-bond acceptors (Lipinski definition) is 3. The Bertz CT molecular complexity index is 188. The summed E-state index contributed by atoms with van der Waals surface area (Å²) < 4.78 is 0. The molecule has 4 heteroatoms. The van der Waals surface area contributed by atoms with Gasteiger partial charge in [-0.2, -0.15) is 0 Å². The first-order valence-corrected chi connectivity index (χ1v) is 4.19. The maximum absolute atomic E-state index is 10.2. The van der Waals surface area contributed by atoms with Crippen molar-refractivity contribution < 1.29 is 20.1 Å². The van der Waals surface area contributed by atoms with Gasteiger partial charge in [0.15, 0.2) is 0 Å². The molecule has 3 atom stereocenters. The summed E-state index contributed by atoms with van der Waals surface area (Å²) in [4.78, 5) is 10.2. The van der Waals surface area contributed by atoms with Gasteiger partial charge in [0.05, 0.1) is 18.6 Å². The highest BCUT2D eigenvalue weighted by molar-refractivity contribution is 5.67. The third kappa shape index (κ3) is 4.65. The van der Waals surface area contributed by atoms with Crippen molar-refractivity contribution in [2.45, 2.75) is 32.5 Å². The quantitative estimate of drug-likeness (QED) is 0.545. The van der Waals surface area contributed by atoms with Crippen molar-refractivity contribution in [1.29, 1.82) is 0 Å². The molecule has 76 valence electrons. The molecule has 0 aliphatic heterocycles. The van der Waals surface area contributed by atoms with Crippen LogP contribution in [0.25, 0.3) is 0 Å². The molecule has 0 aliphatic rings. The molecule has 0 heterocycles. The van der Waals surface area contributed by atoms with E-state index >= 15 is 0 Å². The van der Waals surface area contributed by atoms with Gasteiger partial charge in [0.25, 0.3) is 0 Å². The Balaban J connectivity index is 4.07. The maximum atomic E-state index is 10.2. The Morgan fingerprint density at radius 1 is 1.46 bits per heavy atom. The number of carbonyl (C=O) groups is 1. The maximum Gasteiger partial charge on any atom is 0.305 e. The van der Waals surface area contributed by atoms with Crippen molar-refractivity contribution in [3.05, 3.63) is 12.2 Å². The van der Waals surface area contributed by atoms with Crippen molar-refractivity contribution in [1.82, 2.24) is 0 Å². The van der Waals surface area contributed by atoms with Gasteiger partial charge in [0.2, 0.25) is 0 Å². The molecule has 0 spiro atoms. The molecule has 0 aromatic rings. The van der Waals surface area contributed by atoms with Crippen LogP contribution in [-0.4, -0.2) is 33.5 Å². The van der Waals surface area contributed by atoms with Crippen LogP contribution in [0, 0.1) is 5.92 Å². The molecular formula is C9H16O4. The predicted octanol–water partition coefficient (Wildman–Crippen LogP) is 0.395. The number of carboxylic acid groups (broad SMARTS) is 1. The summed E-state index contributed by atoms with van der Waals surface area (Å²) >= 11 is 0. The number of hydrogen-bond donors (Lipinski definition) is 3. The largest absolute Gasteiger partial charge is 0.481 e. The average molecular weight is 188 g/mol. The molecule has 4 nitrogen and oxygen atoms in total. The Kier molecular flexibility index (Phi) is 5.34. The molecule has 0 fully saturated rings. The summed E-state index contributed by atoms with van der Waals surface area (Å²) in [5, 5.41) is 27.1. The summed E-state index contributed by atoms with van der Waals surface area (Å²) in [5.74, 6) is -1.53. The van der Waals surface area contributed by atoms with Crippen molar-refractivity contribution in [2.24, 2.45) is 5.92 Å². The molecule has 13 heavy (non-hydrogen) atoms. The number of allylic oxidation sites excluding steroid dienone is 1. The third-order valence-corrected chi connectivity index (χ3v) is 1.92. The summed E-state index contributed by atoms with van der Waals surface area (Å²) in [6.45, 7) is 3.36. The SMILES string of the molecule is C/C=C/[C@@H](O)[C@@H](C)[C@H](O)CC(=O)O. The van der Waals surface area contributed by atoms with Gasteiger partial charge in [-0.15, -0.1) is 0 Å². The number of rotatable bonds is 5. The molecule has 0 aromatic carbocycles.